The lowest BCUT2D eigenvalue weighted by Gasteiger charge is -1.97. The van der Waals surface area contributed by atoms with Gasteiger partial charge in [0.1, 0.15) is 5.65 Å². The molecule has 0 unspecified atom stereocenters. The largest absolute Gasteiger partial charge is 0.269 e. The Morgan fingerprint density at radius 2 is 2.25 bits per heavy atom. The van der Waals surface area contributed by atoms with E-state index < -0.39 is 0 Å². The Morgan fingerprint density at radius 1 is 1.42 bits per heavy atom. The molecule has 2 aromatic rings. The first-order valence-electron chi connectivity index (χ1n) is 3.40. The summed E-state index contributed by atoms with van der Waals surface area (Å²) in [4.78, 5) is 15.2. The van der Waals surface area contributed by atoms with Crippen LogP contribution in [0.4, 0.5) is 0 Å². The molecule has 0 bridgehead atoms. The zero-order chi connectivity index (χ0) is 8.55. The average Bonchev–Trinajstić information content (AvgIpc) is 2.04. The number of hydrogen-bond donors (Lipinski definition) is 0. The first kappa shape index (κ1) is 7.49. The van der Waals surface area contributed by atoms with E-state index in [1.807, 2.05) is 0 Å². The highest BCUT2D eigenvalue weighted by Crippen LogP contribution is 2.09. The predicted molar refractivity (Wildman–Crippen MR) is 49.2 cm³/mol. The summed E-state index contributed by atoms with van der Waals surface area (Å²) in [5, 5.41) is 0. The van der Waals surface area contributed by atoms with E-state index in [0.29, 0.717) is 5.65 Å². The van der Waals surface area contributed by atoms with Crippen molar-refractivity contribution in [3.63, 3.8) is 0 Å². The highest BCUT2D eigenvalue weighted by molar-refractivity contribution is 9.10. The lowest BCUT2D eigenvalue weighted by molar-refractivity contribution is 1.04. The van der Waals surface area contributed by atoms with Crippen LogP contribution < -0.4 is 5.56 Å². The van der Waals surface area contributed by atoms with Crippen LogP contribution in [0.1, 0.15) is 0 Å². The van der Waals surface area contributed by atoms with E-state index in [4.69, 9.17) is 0 Å². The summed E-state index contributed by atoms with van der Waals surface area (Å²) in [6.45, 7) is 0. The van der Waals surface area contributed by atoms with Gasteiger partial charge in [-0.2, -0.15) is 0 Å². The molecule has 0 aliphatic heterocycles. The summed E-state index contributed by atoms with van der Waals surface area (Å²) in [5.74, 6) is 0. The third-order valence-corrected chi connectivity index (χ3v) is 2.05. The molecular formula is C8H5BrN2O. The fourth-order valence-corrected chi connectivity index (χ4v) is 1.33. The Kier molecular flexibility index (Phi) is 1.69. The van der Waals surface area contributed by atoms with Gasteiger partial charge in [0.05, 0.1) is 0 Å². The Hall–Kier alpha value is -1.16. The van der Waals surface area contributed by atoms with Crippen molar-refractivity contribution in [2.45, 2.75) is 0 Å². The van der Waals surface area contributed by atoms with Gasteiger partial charge in [0.2, 0.25) is 0 Å². The molecule has 4 heteroatoms. The number of rotatable bonds is 0. The molecule has 2 rings (SSSR count). The number of aromatic nitrogens is 2. The van der Waals surface area contributed by atoms with Gasteiger partial charge in [-0.05, 0) is 12.1 Å². The molecule has 0 saturated carbocycles. The maximum atomic E-state index is 11.2. The first-order chi connectivity index (χ1) is 5.77. The van der Waals surface area contributed by atoms with Crippen LogP contribution in [-0.2, 0) is 0 Å². The van der Waals surface area contributed by atoms with E-state index >= 15 is 0 Å². The summed E-state index contributed by atoms with van der Waals surface area (Å²) in [6, 6.07) is 5.03. The summed E-state index contributed by atoms with van der Waals surface area (Å²) >= 11 is 3.30. The molecule has 0 aromatic carbocycles. The topological polar surface area (TPSA) is 34.4 Å². The summed E-state index contributed by atoms with van der Waals surface area (Å²) < 4.78 is 2.41. The highest BCUT2D eigenvalue weighted by atomic mass is 79.9. The van der Waals surface area contributed by atoms with Crippen LogP contribution in [-0.4, -0.2) is 9.38 Å². The minimum atomic E-state index is -0.0625. The molecule has 2 aromatic heterocycles. The standard InChI is InChI=1S/C8H5BrN2O/c9-6-2-4-11-7(5-6)10-3-1-8(11)12/h1-5H. The number of nitrogens with zero attached hydrogens (tertiary/aromatic N) is 2. The number of halogens is 1. The van der Waals surface area contributed by atoms with Crippen LogP contribution in [0.25, 0.3) is 5.65 Å². The van der Waals surface area contributed by atoms with Gasteiger partial charge in [-0.1, -0.05) is 15.9 Å². The minimum absolute atomic E-state index is 0.0625. The van der Waals surface area contributed by atoms with Crippen LogP contribution in [0.3, 0.4) is 0 Å². The molecule has 0 atom stereocenters. The molecule has 0 radical (unpaired) electrons. The smallest absolute Gasteiger partial charge is 0.257 e. The van der Waals surface area contributed by atoms with E-state index in [1.165, 1.54) is 16.7 Å². The number of hydrogen-bond acceptors (Lipinski definition) is 2. The summed E-state index contributed by atoms with van der Waals surface area (Å²) in [6.07, 6.45) is 3.19. The Balaban J connectivity index is 2.96. The van der Waals surface area contributed by atoms with Crippen LogP contribution in [0.5, 0.6) is 0 Å². The van der Waals surface area contributed by atoms with E-state index in [2.05, 4.69) is 20.9 Å². The second kappa shape index (κ2) is 2.71. The van der Waals surface area contributed by atoms with Gasteiger partial charge < -0.3 is 0 Å². The van der Waals surface area contributed by atoms with Crippen LogP contribution in [0.2, 0.25) is 0 Å². The third kappa shape index (κ3) is 1.14. The van der Waals surface area contributed by atoms with Gasteiger partial charge in [0, 0.05) is 22.9 Å². The monoisotopic (exact) mass is 224 g/mol. The summed E-state index contributed by atoms with van der Waals surface area (Å²) in [5.41, 5.74) is 0.587. The Morgan fingerprint density at radius 3 is 3.08 bits per heavy atom. The number of pyridine rings is 1. The van der Waals surface area contributed by atoms with Crippen molar-refractivity contribution >= 4 is 21.6 Å². The maximum absolute atomic E-state index is 11.2. The van der Waals surface area contributed by atoms with Crippen LogP contribution >= 0.6 is 15.9 Å². The quantitative estimate of drug-likeness (QED) is 0.680. The van der Waals surface area contributed by atoms with Crippen molar-refractivity contribution in [1.82, 2.24) is 9.38 Å². The Bertz CT molecular complexity index is 478. The molecule has 12 heavy (non-hydrogen) atoms. The molecule has 0 aliphatic rings. The van der Waals surface area contributed by atoms with Crippen molar-refractivity contribution < 1.29 is 0 Å². The van der Waals surface area contributed by atoms with Crippen molar-refractivity contribution in [2.24, 2.45) is 0 Å². The molecule has 0 saturated heterocycles. The fraction of sp³-hybridized carbons (Fsp3) is 0. The molecule has 0 spiro atoms. The average molecular weight is 225 g/mol. The molecule has 0 fully saturated rings. The van der Waals surface area contributed by atoms with Crippen molar-refractivity contribution in [3.8, 4) is 0 Å². The zero-order valence-electron chi connectivity index (χ0n) is 6.07. The van der Waals surface area contributed by atoms with Gasteiger partial charge in [-0.15, -0.1) is 0 Å². The maximum Gasteiger partial charge on any atom is 0.257 e. The van der Waals surface area contributed by atoms with E-state index in [1.54, 1.807) is 18.3 Å². The lowest BCUT2D eigenvalue weighted by Crippen LogP contribution is -2.11. The summed E-state index contributed by atoms with van der Waals surface area (Å²) in [7, 11) is 0. The predicted octanol–water partition coefficient (Wildman–Crippen LogP) is 1.46. The molecule has 0 amide bonds. The first-order valence-corrected chi connectivity index (χ1v) is 4.19. The van der Waals surface area contributed by atoms with Gasteiger partial charge >= 0.3 is 0 Å². The SMILES string of the molecule is O=c1ccnc2cc(Br)ccn12. The molecule has 0 aliphatic carbocycles. The van der Waals surface area contributed by atoms with E-state index in [-0.39, 0.29) is 5.56 Å². The molecule has 3 nitrogen and oxygen atoms in total. The molecular weight excluding hydrogens is 220 g/mol. The number of fused-ring (bicyclic) bond motifs is 1. The van der Waals surface area contributed by atoms with Crippen LogP contribution in [0, 0.1) is 0 Å². The minimum Gasteiger partial charge on any atom is -0.269 e. The molecule has 60 valence electrons. The molecule has 2 heterocycles. The van der Waals surface area contributed by atoms with Crippen molar-refractivity contribution in [1.29, 1.82) is 0 Å². The van der Waals surface area contributed by atoms with E-state index in [9.17, 15) is 4.79 Å². The molecule has 0 N–H and O–H groups in total. The third-order valence-electron chi connectivity index (χ3n) is 1.56. The lowest BCUT2D eigenvalue weighted by atomic mass is 10.4. The van der Waals surface area contributed by atoms with Gasteiger partial charge in [0.25, 0.3) is 5.56 Å². The highest BCUT2D eigenvalue weighted by Gasteiger charge is 1.95. The zero-order valence-corrected chi connectivity index (χ0v) is 7.65. The Labute approximate surface area is 76.8 Å². The second-order valence-corrected chi connectivity index (χ2v) is 3.27. The second-order valence-electron chi connectivity index (χ2n) is 2.36. The fourth-order valence-electron chi connectivity index (χ4n) is 1.01. The van der Waals surface area contributed by atoms with Crippen molar-refractivity contribution in [2.75, 3.05) is 0 Å². The van der Waals surface area contributed by atoms with Gasteiger partial charge in [-0.25, -0.2) is 4.98 Å². The normalized spacial score (nSPS) is 10.4. The van der Waals surface area contributed by atoms with E-state index in [0.717, 1.165) is 4.47 Å². The van der Waals surface area contributed by atoms with Crippen LogP contribution in [0.15, 0.2) is 39.9 Å². The van der Waals surface area contributed by atoms with Gasteiger partial charge in [0.15, 0.2) is 0 Å². The van der Waals surface area contributed by atoms with Gasteiger partial charge in [-0.3, -0.25) is 9.20 Å². The van der Waals surface area contributed by atoms with Crippen molar-refractivity contribution in [3.05, 3.63) is 45.4 Å².